The Morgan fingerprint density at radius 2 is 2.06 bits per heavy atom. The SMILES string of the molecule is CCOCc1nc(Cl)cc(OC(C)C(F)(F)F)n1. The van der Waals surface area contributed by atoms with Crippen molar-refractivity contribution in [2.45, 2.75) is 32.7 Å². The van der Waals surface area contributed by atoms with E-state index in [1.807, 2.05) is 0 Å². The fraction of sp³-hybridized carbons (Fsp3) is 0.600. The van der Waals surface area contributed by atoms with Gasteiger partial charge in [0.1, 0.15) is 11.8 Å². The molecule has 102 valence electrons. The molecule has 0 saturated heterocycles. The van der Waals surface area contributed by atoms with E-state index in [4.69, 9.17) is 16.3 Å². The molecule has 0 saturated carbocycles. The minimum absolute atomic E-state index is 0.00378. The van der Waals surface area contributed by atoms with E-state index in [9.17, 15) is 13.2 Å². The van der Waals surface area contributed by atoms with Crippen molar-refractivity contribution in [1.82, 2.24) is 9.97 Å². The average molecular weight is 285 g/mol. The predicted octanol–water partition coefficient (Wildman–Crippen LogP) is 3.00. The summed E-state index contributed by atoms with van der Waals surface area (Å²) in [7, 11) is 0. The van der Waals surface area contributed by atoms with Crippen LogP contribution in [0.1, 0.15) is 19.7 Å². The van der Waals surface area contributed by atoms with Gasteiger partial charge in [-0.3, -0.25) is 0 Å². The van der Waals surface area contributed by atoms with Gasteiger partial charge >= 0.3 is 6.18 Å². The molecule has 0 aliphatic heterocycles. The molecule has 1 atom stereocenters. The highest BCUT2D eigenvalue weighted by Crippen LogP contribution is 2.25. The summed E-state index contributed by atoms with van der Waals surface area (Å²) in [5, 5.41) is 0.00378. The first-order valence-corrected chi connectivity index (χ1v) is 5.55. The third-order valence-corrected chi connectivity index (χ3v) is 2.11. The number of nitrogens with zero attached hydrogens (tertiary/aromatic N) is 2. The van der Waals surface area contributed by atoms with E-state index in [2.05, 4.69) is 14.7 Å². The third-order valence-electron chi connectivity index (χ3n) is 1.91. The molecule has 0 aliphatic carbocycles. The van der Waals surface area contributed by atoms with E-state index in [-0.39, 0.29) is 23.5 Å². The number of aromatic nitrogens is 2. The second-order valence-corrected chi connectivity index (χ2v) is 3.77. The van der Waals surface area contributed by atoms with Crippen molar-refractivity contribution >= 4 is 11.6 Å². The smallest absolute Gasteiger partial charge is 0.425 e. The van der Waals surface area contributed by atoms with Crippen molar-refractivity contribution < 1.29 is 22.6 Å². The molecule has 1 unspecified atom stereocenters. The highest BCUT2D eigenvalue weighted by atomic mass is 35.5. The van der Waals surface area contributed by atoms with Gasteiger partial charge in [-0.15, -0.1) is 0 Å². The summed E-state index contributed by atoms with van der Waals surface area (Å²) in [6.45, 7) is 3.16. The normalized spacial score (nSPS) is 13.4. The van der Waals surface area contributed by atoms with Crippen LogP contribution in [0.25, 0.3) is 0 Å². The van der Waals surface area contributed by atoms with Gasteiger partial charge in [0.15, 0.2) is 11.9 Å². The first kappa shape index (κ1) is 15.0. The second kappa shape index (κ2) is 6.19. The number of alkyl halides is 3. The first-order valence-electron chi connectivity index (χ1n) is 5.17. The topological polar surface area (TPSA) is 44.2 Å². The van der Waals surface area contributed by atoms with Gasteiger partial charge in [-0.2, -0.15) is 18.2 Å². The average Bonchev–Trinajstić information content (AvgIpc) is 2.24. The molecule has 1 heterocycles. The molecule has 0 spiro atoms. The lowest BCUT2D eigenvalue weighted by molar-refractivity contribution is -0.190. The molecule has 1 rings (SSSR count). The standard InChI is InChI=1S/C10H12ClF3N2O2/c1-3-17-5-8-15-7(11)4-9(16-8)18-6(2)10(12,13)14/h4,6H,3,5H2,1-2H3. The lowest BCUT2D eigenvalue weighted by atomic mass is 10.4. The van der Waals surface area contributed by atoms with Gasteiger partial charge in [-0.25, -0.2) is 4.98 Å². The number of rotatable bonds is 5. The summed E-state index contributed by atoms with van der Waals surface area (Å²) >= 11 is 5.66. The summed E-state index contributed by atoms with van der Waals surface area (Å²) < 4.78 is 46.6. The first-order chi connectivity index (χ1) is 8.32. The van der Waals surface area contributed by atoms with E-state index in [1.54, 1.807) is 6.92 Å². The van der Waals surface area contributed by atoms with E-state index < -0.39 is 12.3 Å². The summed E-state index contributed by atoms with van der Waals surface area (Å²) in [6.07, 6.45) is -6.43. The van der Waals surface area contributed by atoms with Gasteiger partial charge in [-0.1, -0.05) is 11.6 Å². The Labute approximate surface area is 107 Å². The molecule has 1 aromatic heterocycles. The fourth-order valence-electron chi connectivity index (χ4n) is 1.01. The Hall–Kier alpha value is -1.08. The number of ether oxygens (including phenoxy) is 2. The minimum atomic E-state index is -4.46. The van der Waals surface area contributed by atoms with Crippen molar-refractivity contribution in [3.05, 3.63) is 17.0 Å². The van der Waals surface area contributed by atoms with Crippen LogP contribution >= 0.6 is 11.6 Å². The molecule has 0 bridgehead atoms. The maximum absolute atomic E-state index is 12.3. The number of hydrogen-bond acceptors (Lipinski definition) is 4. The highest BCUT2D eigenvalue weighted by Gasteiger charge is 2.38. The molecule has 0 radical (unpaired) electrons. The minimum Gasteiger partial charge on any atom is -0.465 e. The van der Waals surface area contributed by atoms with E-state index in [0.29, 0.717) is 6.61 Å². The molecule has 8 heteroatoms. The van der Waals surface area contributed by atoms with Gasteiger partial charge < -0.3 is 9.47 Å². The lowest BCUT2D eigenvalue weighted by Crippen LogP contribution is -2.31. The van der Waals surface area contributed by atoms with Crippen molar-refractivity contribution in [3.63, 3.8) is 0 Å². The number of hydrogen-bond donors (Lipinski definition) is 0. The maximum Gasteiger partial charge on any atom is 0.425 e. The van der Waals surface area contributed by atoms with E-state index >= 15 is 0 Å². The molecule has 4 nitrogen and oxygen atoms in total. The zero-order chi connectivity index (χ0) is 13.8. The zero-order valence-corrected chi connectivity index (χ0v) is 10.5. The van der Waals surface area contributed by atoms with Crippen molar-refractivity contribution in [3.8, 4) is 5.88 Å². The maximum atomic E-state index is 12.3. The summed E-state index contributed by atoms with van der Waals surface area (Å²) in [4.78, 5) is 7.59. The lowest BCUT2D eigenvalue weighted by Gasteiger charge is -2.17. The van der Waals surface area contributed by atoms with Gasteiger partial charge in [0.25, 0.3) is 0 Å². The van der Waals surface area contributed by atoms with Crippen LogP contribution in [-0.4, -0.2) is 28.9 Å². The van der Waals surface area contributed by atoms with Crippen LogP contribution in [0.5, 0.6) is 5.88 Å². The quantitative estimate of drug-likeness (QED) is 0.780. The van der Waals surface area contributed by atoms with Crippen LogP contribution in [0, 0.1) is 0 Å². The summed E-state index contributed by atoms with van der Waals surface area (Å²) in [5.74, 6) is -0.0525. The zero-order valence-electron chi connectivity index (χ0n) is 9.79. The molecule has 0 fully saturated rings. The summed E-state index contributed by atoms with van der Waals surface area (Å²) in [6, 6.07) is 1.12. The van der Waals surface area contributed by atoms with Gasteiger partial charge in [0, 0.05) is 12.7 Å². The predicted molar refractivity (Wildman–Crippen MR) is 58.5 cm³/mol. The van der Waals surface area contributed by atoms with Crippen molar-refractivity contribution in [1.29, 1.82) is 0 Å². The van der Waals surface area contributed by atoms with Crippen LogP contribution in [0.4, 0.5) is 13.2 Å². The molecule has 0 N–H and O–H groups in total. The summed E-state index contributed by atoms with van der Waals surface area (Å²) in [5.41, 5.74) is 0. The highest BCUT2D eigenvalue weighted by molar-refractivity contribution is 6.29. The second-order valence-electron chi connectivity index (χ2n) is 3.38. The van der Waals surface area contributed by atoms with Crippen LogP contribution < -0.4 is 4.74 Å². The Kier molecular flexibility index (Phi) is 5.15. The van der Waals surface area contributed by atoms with Crippen LogP contribution in [0.3, 0.4) is 0 Å². The molecule has 0 aliphatic rings. The Morgan fingerprint density at radius 1 is 1.39 bits per heavy atom. The monoisotopic (exact) mass is 284 g/mol. The molecule has 0 aromatic carbocycles. The van der Waals surface area contributed by atoms with E-state index in [1.165, 1.54) is 0 Å². The Balaban J connectivity index is 2.79. The fourth-order valence-corrected chi connectivity index (χ4v) is 1.20. The molecular weight excluding hydrogens is 273 g/mol. The molecular formula is C10H12ClF3N2O2. The molecule has 1 aromatic rings. The Bertz CT molecular complexity index is 401. The third kappa shape index (κ3) is 4.66. The Morgan fingerprint density at radius 3 is 2.61 bits per heavy atom. The van der Waals surface area contributed by atoms with Crippen molar-refractivity contribution in [2.75, 3.05) is 6.61 Å². The van der Waals surface area contributed by atoms with Gasteiger partial charge in [0.2, 0.25) is 5.88 Å². The largest absolute Gasteiger partial charge is 0.465 e. The van der Waals surface area contributed by atoms with Crippen LogP contribution in [-0.2, 0) is 11.3 Å². The molecule has 0 amide bonds. The van der Waals surface area contributed by atoms with Gasteiger partial charge in [-0.05, 0) is 13.8 Å². The van der Waals surface area contributed by atoms with Crippen molar-refractivity contribution in [2.24, 2.45) is 0 Å². The van der Waals surface area contributed by atoms with E-state index in [0.717, 1.165) is 13.0 Å². The van der Waals surface area contributed by atoms with Crippen LogP contribution in [0.2, 0.25) is 5.15 Å². The molecule has 18 heavy (non-hydrogen) atoms. The number of halogens is 4. The van der Waals surface area contributed by atoms with Gasteiger partial charge in [0.05, 0.1) is 0 Å². The van der Waals surface area contributed by atoms with Crippen LogP contribution in [0.15, 0.2) is 6.07 Å².